The normalized spacial score (nSPS) is 16.7. The summed E-state index contributed by atoms with van der Waals surface area (Å²) in [7, 11) is 3.03. The number of thiophene rings is 1. The predicted octanol–water partition coefficient (Wildman–Crippen LogP) is 6.30. The molecule has 0 aliphatic carbocycles. The van der Waals surface area contributed by atoms with Crippen LogP contribution in [0, 0.1) is 5.41 Å². The minimum atomic E-state index is -1.23. The number of carbonyl (C=O) groups is 3. The number of halogens is 1. The van der Waals surface area contributed by atoms with Crippen LogP contribution in [0.3, 0.4) is 0 Å². The maximum Gasteiger partial charge on any atom is 0.345 e. The van der Waals surface area contributed by atoms with Gasteiger partial charge in [0, 0.05) is 56.9 Å². The fraction of sp³-hybridized carbons (Fsp3) is 0.265. The molecule has 5 rings (SSSR count). The van der Waals surface area contributed by atoms with Gasteiger partial charge in [-0.2, -0.15) is 0 Å². The van der Waals surface area contributed by atoms with E-state index in [0.29, 0.717) is 44.4 Å². The van der Waals surface area contributed by atoms with Gasteiger partial charge < -0.3 is 34.6 Å². The second kappa shape index (κ2) is 13.5. The van der Waals surface area contributed by atoms with Crippen LogP contribution in [0.2, 0.25) is 5.02 Å². The number of fused-ring (bicyclic) bond motifs is 2. The Morgan fingerprint density at radius 1 is 1.09 bits per heavy atom. The Bertz CT molecular complexity index is 1840. The number of aliphatic hydroxyl groups is 1. The van der Waals surface area contributed by atoms with Crippen LogP contribution in [-0.2, 0) is 14.3 Å². The molecule has 46 heavy (non-hydrogen) atoms. The largest absolute Gasteiger partial charge is 0.493 e. The van der Waals surface area contributed by atoms with Crippen LogP contribution >= 0.6 is 22.9 Å². The van der Waals surface area contributed by atoms with E-state index in [0.717, 1.165) is 16.0 Å². The van der Waals surface area contributed by atoms with Gasteiger partial charge in [0.15, 0.2) is 17.6 Å². The summed E-state index contributed by atoms with van der Waals surface area (Å²) in [5, 5.41) is 23.3. The summed E-state index contributed by atoms with van der Waals surface area (Å²) < 4.78 is 18.5. The van der Waals surface area contributed by atoms with Crippen molar-refractivity contribution in [1.82, 2.24) is 0 Å². The molecule has 10 nitrogen and oxygen atoms in total. The van der Waals surface area contributed by atoms with Gasteiger partial charge in [0.2, 0.25) is 5.91 Å². The third-order valence-corrected chi connectivity index (χ3v) is 8.84. The van der Waals surface area contributed by atoms with Crippen LogP contribution < -0.4 is 19.7 Å². The van der Waals surface area contributed by atoms with Gasteiger partial charge >= 0.3 is 5.97 Å². The van der Waals surface area contributed by atoms with Gasteiger partial charge in [-0.15, -0.1) is 11.3 Å². The quantitative estimate of drug-likeness (QED) is 0.168. The minimum absolute atomic E-state index is 0.151. The van der Waals surface area contributed by atoms with Crippen LogP contribution in [0.1, 0.15) is 40.8 Å². The molecule has 2 atom stereocenters. The molecule has 0 radical (unpaired) electrons. The fourth-order valence-corrected chi connectivity index (χ4v) is 6.31. The summed E-state index contributed by atoms with van der Waals surface area (Å²) in [6.45, 7) is 3.65. The molecule has 0 bridgehead atoms. The van der Waals surface area contributed by atoms with Gasteiger partial charge in [-0.05, 0) is 60.0 Å². The van der Waals surface area contributed by atoms with Gasteiger partial charge in [0.05, 0.1) is 14.2 Å². The number of methoxy groups -OCH3 is 2. The Labute approximate surface area is 274 Å². The highest BCUT2D eigenvalue weighted by Crippen LogP contribution is 2.45. The van der Waals surface area contributed by atoms with Crippen LogP contribution in [0.5, 0.6) is 11.5 Å². The van der Waals surface area contributed by atoms with Crippen molar-refractivity contribution in [3.05, 3.63) is 93.8 Å². The van der Waals surface area contributed by atoms with Crippen molar-refractivity contribution in [3.63, 3.8) is 0 Å². The number of nitrogens with one attached hydrogen (secondary N) is 1. The molecule has 0 fully saturated rings. The maximum absolute atomic E-state index is 14.2. The van der Waals surface area contributed by atoms with Crippen LogP contribution in [0.25, 0.3) is 10.1 Å². The van der Waals surface area contributed by atoms with Gasteiger partial charge in [0.1, 0.15) is 11.0 Å². The molecule has 1 aliphatic rings. The molecule has 0 saturated heterocycles. The monoisotopic (exact) mass is 664 g/mol. The summed E-state index contributed by atoms with van der Waals surface area (Å²) in [4.78, 5) is 40.4. The molecule has 1 aliphatic heterocycles. The molecule has 2 heterocycles. The number of anilines is 2. The lowest BCUT2D eigenvalue weighted by Gasteiger charge is -2.32. The number of carbonyl (C=O) groups excluding carboxylic acids is 2. The van der Waals surface area contributed by atoms with Crippen LogP contribution in [0.4, 0.5) is 11.4 Å². The third-order valence-electron chi connectivity index (χ3n) is 7.50. The van der Waals surface area contributed by atoms with Crippen molar-refractivity contribution >= 4 is 62.2 Å². The molecule has 12 heteroatoms. The molecule has 3 N–H and O–H groups in total. The smallest absolute Gasteiger partial charge is 0.345 e. The van der Waals surface area contributed by atoms with E-state index in [-0.39, 0.29) is 18.0 Å². The van der Waals surface area contributed by atoms with E-state index < -0.39 is 35.4 Å². The summed E-state index contributed by atoms with van der Waals surface area (Å²) in [5.74, 6) is -1.11. The Balaban J connectivity index is 1.53. The zero-order valence-electron chi connectivity index (χ0n) is 25.6. The summed E-state index contributed by atoms with van der Waals surface area (Å²) >= 11 is 7.62. The number of nitrogens with zero attached hydrogens (tertiary/aromatic N) is 1. The Kier molecular flexibility index (Phi) is 9.68. The molecule has 1 unspecified atom stereocenters. The lowest BCUT2D eigenvalue weighted by Crippen LogP contribution is -2.44. The van der Waals surface area contributed by atoms with E-state index in [1.54, 1.807) is 65.6 Å². The summed E-state index contributed by atoms with van der Waals surface area (Å²) in [6, 6.07) is 17.1. The highest BCUT2D eigenvalue weighted by Gasteiger charge is 2.39. The number of carboxylic acid groups (broad SMARTS) is 1. The fourth-order valence-electron chi connectivity index (χ4n) is 5.24. The number of aliphatic hydroxyl groups excluding tert-OH is 1. The van der Waals surface area contributed by atoms with Gasteiger partial charge in [-0.25, -0.2) is 4.79 Å². The second-order valence-corrected chi connectivity index (χ2v) is 13.0. The maximum atomic E-state index is 14.2. The van der Waals surface area contributed by atoms with Gasteiger partial charge in [-0.3, -0.25) is 9.59 Å². The van der Waals surface area contributed by atoms with E-state index in [1.165, 1.54) is 26.4 Å². The molecular weight excluding hydrogens is 632 g/mol. The number of hydrogen-bond acceptors (Lipinski definition) is 8. The molecule has 2 amide bonds. The summed E-state index contributed by atoms with van der Waals surface area (Å²) in [6.07, 6.45) is 0.508. The van der Waals surface area contributed by atoms with E-state index >= 15 is 0 Å². The first-order valence-corrected chi connectivity index (χ1v) is 15.5. The SMILES string of the molecule is COc1cccc([C@H]2OC(/C=C/C(=O)Nc3ccc4sc(C(=O)O)cc4c3)C(=O)N(CC(C)(C)CO)c3ccc(Cl)cc32)c1OC. The van der Waals surface area contributed by atoms with E-state index in [1.807, 2.05) is 13.8 Å². The van der Waals surface area contributed by atoms with Crippen molar-refractivity contribution in [2.24, 2.45) is 5.41 Å². The van der Waals surface area contributed by atoms with Crippen molar-refractivity contribution in [2.75, 3.05) is 37.6 Å². The standard InChI is InChI=1S/C34H33ClN2O8S/c1-34(2,18-38)17-37-24-10-8-20(35)16-23(24)30(22-6-5-7-25(43-3)31(22)44-4)45-26(32(37)40)11-13-29(39)36-21-9-12-27-19(14-21)15-28(46-27)33(41)42/h5-16,26,30,38H,17-18H2,1-4H3,(H,36,39)(H,41,42)/b13-11+/t26?,30-/m1/s1. The Morgan fingerprint density at radius 3 is 2.57 bits per heavy atom. The first kappa shape index (κ1) is 33.0. The Hall–Kier alpha value is -4.42. The van der Waals surface area contributed by atoms with Crippen molar-refractivity contribution in [3.8, 4) is 11.5 Å². The number of aromatic carboxylic acids is 1. The lowest BCUT2D eigenvalue weighted by molar-refractivity contribution is -0.129. The van der Waals surface area contributed by atoms with E-state index in [4.69, 9.17) is 25.8 Å². The zero-order chi connectivity index (χ0) is 33.2. The zero-order valence-corrected chi connectivity index (χ0v) is 27.1. The Morgan fingerprint density at radius 2 is 1.87 bits per heavy atom. The average Bonchev–Trinajstić information content (AvgIpc) is 3.43. The number of carboxylic acids is 1. The topological polar surface area (TPSA) is 135 Å². The highest BCUT2D eigenvalue weighted by molar-refractivity contribution is 7.20. The third kappa shape index (κ3) is 6.87. The van der Waals surface area contributed by atoms with Crippen LogP contribution in [0.15, 0.2) is 72.8 Å². The molecule has 3 aromatic carbocycles. The molecule has 4 aromatic rings. The van der Waals surface area contributed by atoms with Gasteiger partial charge in [-0.1, -0.05) is 37.6 Å². The minimum Gasteiger partial charge on any atom is -0.493 e. The number of ether oxygens (including phenoxy) is 3. The summed E-state index contributed by atoms with van der Waals surface area (Å²) in [5.41, 5.74) is 1.49. The van der Waals surface area contributed by atoms with Crippen molar-refractivity contribution in [2.45, 2.75) is 26.1 Å². The number of amides is 2. The molecular formula is C34H33ClN2O8S. The number of hydrogen-bond donors (Lipinski definition) is 3. The molecule has 240 valence electrons. The van der Waals surface area contributed by atoms with Crippen molar-refractivity contribution < 1.29 is 38.8 Å². The second-order valence-electron chi connectivity index (χ2n) is 11.5. The van der Waals surface area contributed by atoms with E-state index in [9.17, 15) is 24.6 Å². The number of para-hydroxylation sites is 1. The first-order valence-electron chi connectivity index (χ1n) is 14.3. The van der Waals surface area contributed by atoms with Gasteiger partial charge in [0.25, 0.3) is 5.91 Å². The molecule has 1 aromatic heterocycles. The molecule has 0 saturated carbocycles. The number of rotatable bonds is 10. The number of benzene rings is 3. The van der Waals surface area contributed by atoms with E-state index in [2.05, 4.69) is 5.32 Å². The molecule has 0 spiro atoms. The van der Waals surface area contributed by atoms with Crippen LogP contribution in [-0.4, -0.2) is 61.5 Å². The van der Waals surface area contributed by atoms with Crippen molar-refractivity contribution in [1.29, 1.82) is 0 Å². The lowest BCUT2D eigenvalue weighted by atomic mass is 9.92. The highest BCUT2D eigenvalue weighted by atomic mass is 35.5. The average molecular weight is 665 g/mol. The first-order chi connectivity index (χ1) is 21.9. The predicted molar refractivity (Wildman–Crippen MR) is 177 cm³/mol.